The van der Waals surface area contributed by atoms with Gasteiger partial charge in [0.1, 0.15) is 12.4 Å². The van der Waals surface area contributed by atoms with Gasteiger partial charge in [0, 0.05) is 11.1 Å². The van der Waals surface area contributed by atoms with Gasteiger partial charge in [-0.3, -0.25) is 5.10 Å². The fraction of sp³-hybridized carbons (Fsp3) is 0.188. The van der Waals surface area contributed by atoms with Crippen molar-refractivity contribution in [1.29, 1.82) is 0 Å². The van der Waals surface area contributed by atoms with Crippen LogP contribution in [0.4, 0.5) is 0 Å². The molecule has 3 heteroatoms. The zero-order valence-corrected chi connectivity index (χ0v) is 10.9. The first-order chi connectivity index (χ1) is 9.36. The second-order valence-electron chi connectivity index (χ2n) is 4.51. The van der Waals surface area contributed by atoms with Gasteiger partial charge in [0.2, 0.25) is 0 Å². The number of nitrogens with one attached hydrogen (secondary N) is 1. The number of hydrogen-bond acceptors (Lipinski definition) is 2. The van der Waals surface area contributed by atoms with Crippen LogP contribution in [0.15, 0.2) is 48.5 Å². The van der Waals surface area contributed by atoms with Crippen molar-refractivity contribution in [3.05, 3.63) is 59.8 Å². The molecule has 3 rings (SSSR count). The second-order valence-corrected chi connectivity index (χ2v) is 4.51. The van der Waals surface area contributed by atoms with Gasteiger partial charge in [0.05, 0.1) is 5.52 Å². The first kappa shape index (κ1) is 11.8. The summed E-state index contributed by atoms with van der Waals surface area (Å²) in [6, 6.07) is 16.2. The van der Waals surface area contributed by atoms with E-state index in [2.05, 4.69) is 35.3 Å². The van der Waals surface area contributed by atoms with Crippen molar-refractivity contribution < 1.29 is 4.74 Å². The summed E-state index contributed by atoms with van der Waals surface area (Å²) in [5.74, 6) is 0.882. The number of rotatable bonds is 4. The maximum atomic E-state index is 5.83. The predicted molar refractivity (Wildman–Crippen MR) is 76.2 cm³/mol. The molecule has 0 unspecified atom stereocenters. The largest absolute Gasteiger partial charge is 0.489 e. The Morgan fingerprint density at radius 1 is 1.11 bits per heavy atom. The third-order valence-corrected chi connectivity index (χ3v) is 3.21. The van der Waals surface area contributed by atoms with Crippen LogP contribution >= 0.6 is 0 Å². The molecule has 0 radical (unpaired) electrons. The molecule has 0 saturated heterocycles. The number of nitrogens with zero attached hydrogens (tertiary/aromatic N) is 1. The van der Waals surface area contributed by atoms with Gasteiger partial charge in [-0.05, 0) is 30.2 Å². The average Bonchev–Trinajstić information content (AvgIpc) is 2.88. The molecule has 1 N–H and O–H groups in total. The summed E-state index contributed by atoms with van der Waals surface area (Å²) >= 11 is 0. The van der Waals surface area contributed by atoms with E-state index in [0.29, 0.717) is 6.61 Å². The number of fused-ring (bicyclic) bond motifs is 1. The zero-order valence-electron chi connectivity index (χ0n) is 10.9. The third kappa shape index (κ3) is 2.45. The summed E-state index contributed by atoms with van der Waals surface area (Å²) in [7, 11) is 0. The SMILES string of the molecule is CCc1[nH]nc2ccc(OCc3ccccc3)cc12. The van der Waals surface area contributed by atoms with E-state index in [-0.39, 0.29) is 0 Å². The van der Waals surface area contributed by atoms with Crippen molar-refractivity contribution in [3.8, 4) is 5.75 Å². The van der Waals surface area contributed by atoms with E-state index in [4.69, 9.17) is 4.74 Å². The molecule has 96 valence electrons. The van der Waals surface area contributed by atoms with E-state index in [1.165, 1.54) is 5.56 Å². The molecule has 1 aromatic heterocycles. The van der Waals surface area contributed by atoms with Crippen molar-refractivity contribution in [1.82, 2.24) is 10.2 Å². The van der Waals surface area contributed by atoms with Gasteiger partial charge < -0.3 is 4.74 Å². The smallest absolute Gasteiger partial charge is 0.120 e. The van der Waals surface area contributed by atoms with Gasteiger partial charge in [-0.1, -0.05) is 37.3 Å². The van der Waals surface area contributed by atoms with Crippen LogP contribution in [0.1, 0.15) is 18.2 Å². The van der Waals surface area contributed by atoms with Crippen LogP contribution in [0.25, 0.3) is 10.9 Å². The summed E-state index contributed by atoms with van der Waals surface area (Å²) in [6.45, 7) is 2.70. The lowest BCUT2D eigenvalue weighted by atomic mass is 10.1. The number of aromatic nitrogens is 2. The highest BCUT2D eigenvalue weighted by atomic mass is 16.5. The second kappa shape index (κ2) is 5.14. The van der Waals surface area contributed by atoms with Gasteiger partial charge in [0.15, 0.2) is 0 Å². The quantitative estimate of drug-likeness (QED) is 0.768. The maximum Gasteiger partial charge on any atom is 0.120 e. The van der Waals surface area contributed by atoms with Crippen LogP contribution in [-0.4, -0.2) is 10.2 Å². The molecular formula is C16H16N2O. The van der Waals surface area contributed by atoms with Crippen molar-refractivity contribution >= 4 is 10.9 Å². The Hall–Kier alpha value is -2.29. The molecule has 3 aromatic rings. The summed E-state index contributed by atoms with van der Waals surface area (Å²) < 4.78 is 5.83. The molecule has 1 heterocycles. The maximum absolute atomic E-state index is 5.83. The van der Waals surface area contributed by atoms with E-state index in [1.807, 2.05) is 30.3 Å². The minimum absolute atomic E-state index is 0.589. The van der Waals surface area contributed by atoms with Gasteiger partial charge in [-0.25, -0.2) is 0 Å². The minimum Gasteiger partial charge on any atom is -0.489 e. The highest BCUT2D eigenvalue weighted by Crippen LogP contribution is 2.23. The fourth-order valence-corrected chi connectivity index (χ4v) is 2.14. The molecule has 0 bridgehead atoms. The third-order valence-electron chi connectivity index (χ3n) is 3.21. The minimum atomic E-state index is 0.589. The Labute approximate surface area is 112 Å². The van der Waals surface area contributed by atoms with Gasteiger partial charge in [0.25, 0.3) is 0 Å². The molecule has 19 heavy (non-hydrogen) atoms. The lowest BCUT2D eigenvalue weighted by Gasteiger charge is -2.06. The zero-order chi connectivity index (χ0) is 13.1. The monoisotopic (exact) mass is 252 g/mol. The molecule has 0 aliphatic heterocycles. The van der Waals surface area contributed by atoms with Crippen LogP contribution < -0.4 is 4.74 Å². The molecule has 0 saturated carbocycles. The number of aryl methyl sites for hydroxylation is 1. The van der Waals surface area contributed by atoms with Crippen LogP contribution in [0.3, 0.4) is 0 Å². The van der Waals surface area contributed by atoms with Crippen molar-refractivity contribution in [2.75, 3.05) is 0 Å². The number of benzene rings is 2. The number of aromatic amines is 1. The Balaban J connectivity index is 1.81. The molecule has 0 aliphatic carbocycles. The fourth-order valence-electron chi connectivity index (χ4n) is 2.14. The van der Waals surface area contributed by atoms with E-state index < -0.39 is 0 Å². The average molecular weight is 252 g/mol. The van der Waals surface area contributed by atoms with Gasteiger partial charge in [-0.2, -0.15) is 5.10 Å². The molecule has 0 spiro atoms. The van der Waals surface area contributed by atoms with Crippen LogP contribution in [-0.2, 0) is 13.0 Å². The molecule has 0 fully saturated rings. The normalized spacial score (nSPS) is 10.8. The van der Waals surface area contributed by atoms with E-state index in [1.54, 1.807) is 0 Å². The standard InChI is InChI=1S/C16H16N2O/c1-2-15-14-10-13(8-9-16(14)18-17-15)19-11-12-6-4-3-5-7-12/h3-10H,2,11H2,1H3,(H,17,18). The number of ether oxygens (including phenoxy) is 1. The summed E-state index contributed by atoms with van der Waals surface area (Å²) in [6.07, 6.45) is 0.943. The predicted octanol–water partition coefficient (Wildman–Crippen LogP) is 3.70. The molecule has 3 nitrogen and oxygen atoms in total. The van der Waals surface area contributed by atoms with E-state index in [0.717, 1.165) is 28.8 Å². The van der Waals surface area contributed by atoms with Crippen LogP contribution in [0.2, 0.25) is 0 Å². The first-order valence-corrected chi connectivity index (χ1v) is 6.50. The van der Waals surface area contributed by atoms with Gasteiger partial charge >= 0.3 is 0 Å². The van der Waals surface area contributed by atoms with Crippen molar-refractivity contribution in [2.24, 2.45) is 0 Å². The Morgan fingerprint density at radius 2 is 1.95 bits per heavy atom. The lowest BCUT2D eigenvalue weighted by molar-refractivity contribution is 0.306. The summed E-state index contributed by atoms with van der Waals surface area (Å²) in [5.41, 5.74) is 3.31. The van der Waals surface area contributed by atoms with Gasteiger partial charge in [-0.15, -0.1) is 0 Å². The lowest BCUT2D eigenvalue weighted by Crippen LogP contribution is -1.94. The Bertz CT molecular complexity index is 674. The highest BCUT2D eigenvalue weighted by Gasteiger charge is 2.05. The van der Waals surface area contributed by atoms with E-state index >= 15 is 0 Å². The van der Waals surface area contributed by atoms with Crippen molar-refractivity contribution in [3.63, 3.8) is 0 Å². The molecule has 0 atom stereocenters. The molecule has 0 amide bonds. The summed E-state index contributed by atoms with van der Waals surface area (Å²) in [5, 5.41) is 8.47. The molecule has 0 aliphatic rings. The topological polar surface area (TPSA) is 37.9 Å². The van der Waals surface area contributed by atoms with Crippen LogP contribution in [0, 0.1) is 0 Å². The number of hydrogen-bond donors (Lipinski definition) is 1. The highest BCUT2D eigenvalue weighted by molar-refractivity contribution is 5.82. The molecular weight excluding hydrogens is 236 g/mol. The number of H-pyrrole nitrogens is 1. The van der Waals surface area contributed by atoms with E-state index in [9.17, 15) is 0 Å². The van der Waals surface area contributed by atoms with Crippen LogP contribution in [0.5, 0.6) is 5.75 Å². The first-order valence-electron chi connectivity index (χ1n) is 6.50. The van der Waals surface area contributed by atoms with Crippen molar-refractivity contribution in [2.45, 2.75) is 20.0 Å². The Morgan fingerprint density at radius 3 is 2.74 bits per heavy atom. The molecule has 2 aromatic carbocycles. The summed E-state index contributed by atoms with van der Waals surface area (Å²) in [4.78, 5) is 0. The Kier molecular flexibility index (Phi) is 3.19.